The highest BCUT2D eigenvalue weighted by molar-refractivity contribution is 5.87. The summed E-state index contributed by atoms with van der Waals surface area (Å²) in [6, 6.07) is 0. The normalized spacial score (nSPS) is 20.4. The Kier molecular flexibility index (Phi) is 4.35. The van der Waals surface area contributed by atoms with Crippen LogP contribution in [0.15, 0.2) is 12.2 Å². The summed E-state index contributed by atoms with van der Waals surface area (Å²) in [6.07, 6.45) is 5.80. The first-order chi connectivity index (χ1) is 9.35. The number of rotatable bonds is 2. The van der Waals surface area contributed by atoms with E-state index in [1.54, 1.807) is 15.9 Å². The third kappa shape index (κ3) is 4.54. The van der Waals surface area contributed by atoms with Crippen molar-refractivity contribution in [3.8, 4) is 0 Å². The Balaban J connectivity index is 1.76. The Morgan fingerprint density at radius 1 is 1.05 bits per heavy atom. The van der Waals surface area contributed by atoms with Crippen LogP contribution in [0.5, 0.6) is 0 Å². The molecule has 2 rings (SSSR count). The molecule has 1 saturated heterocycles. The van der Waals surface area contributed by atoms with Crippen LogP contribution in [-0.2, 0) is 9.53 Å². The van der Waals surface area contributed by atoms with E-state index in [2.05, 4.69) is 0 Å². The predicted octanol–water partition coefficient (Wildman–Crippen LogP) is 2.03. The van der Waals surface area contributed by atoms with Gasteiger partial charge in [0.25, 0.3) is 0 Å². The molecule has 1 aliphatic carbocycles. The van der Waals surface area contributed by atoms with Crippen LogP contribution in [0.4, 0.5) is 4.79 Å². The van der Waals surface area contributed by atoms with E-state index >= 15 is 0 Å². The average Bonchev–Trinajstić information content (AvgIpc) is 3.18. The molecule has 0 aromatic heterocycles. The first-order valence-corrected chi connectivity index (χ1v) is 7.30. The molecule has 1 heterocycles. The van der Waals surface area contributed by atoms with Crippen LogP contribution in [0.3, 0.4) is 0 Å². The second kappa shape index (κ2) is 5.85. The van der Waals surface area contributed by atoms with E-state index in [4.69, 9.17) is 4.74 Å². The number of hydrogen-bond donors (Lipinski definition) is 0. The van der Waals surface area contributed by atoms with Crippen molar-refractivity contribution in [1.82, 2.24) is 9.80 Å². The Morgan fingerprint density at radius 2 is 1.60 bits per heavy atom. The van der Waals surface area contributed by atoms with Gasteiger partial charge in [0.15, 0.2) is 0 Å². The molecule has 5 heteroatoms. The minimum absolute atomic E-state index is 0.0562. The SMILES string of the molecule is CC(C)(C)OC(=O)N1CCN(C(=O)/C=C/C2CC2)CC1. The van der Waals surface area contributed by atoms with Crippen LogP contribution in [0.2, 0.25) is 0 Å². The molecule has 0 aromatic carbocycles. The van der Waals surface area contributed by atoms with Crippen molar-refractivity contribution in [1.29, 1.82) is 0 Å². The summed E-state index contributed by atoms with van der Waals surface area (Å²) < 4.78 is 5.33. The molecule has 0 atom stereocenters. The van der Waals surface area contributed by atoms with Gasteiger partial charge in [-0.25, -0.2) is 4.79 Å². The minimum atomic E-state index is -0.475. The molecule has 2 amide bonds. The predicted molar refractivity (Wildman–Crippen MR) is 76.3 cm³/mol. The standard InChI is InChI=1S/C15H24N2O3/c1-15(2,3)20-14(19)17-10-8-16(9-11-17)13(18)7-6-12-4-5-12/h6-7,12H,4-5,8-11H2,1-3H3/b7-6+. The molecule has 2 fully saturated rings. The first kappa shape index (κ1) is 14.9. The van der Waals surface area contributed by atoms with Gasteiger partial charge in [-0.05, 0) is 45.6 Å². The fourth-order valence-corrected chi connectivity index (χ4v) is 2.05. The highest BCUT2D eigenvalue weighted by Crippen LogP contribution is 2.30. The molecule has 1 aliphatic heterocycles. The highest BCUT2D eigenvalue weighted by atomic mass is 16.6. The van der Waals surface area contributed by atoms with E-state index in [0.29, 0.717) is 32.1 Å². The van der Waals surface area contributed by atoms with Crippen LogP contribution in [0.1, 0.15) is 33.6 Å². The molecule has 0 aromatic rings. The van der Waals surface area contributed by atoms with Gasteiger partial charge in [-0.2, -0.15) is 0 Å². The van der Waals surface area contributed by atoms with Crippen LogP contribution >= 0.6 is 0 Å². The number of amides is 2. The molecule has 0 N–H and O–H groups in total. The Bertz CT molecular complexity index is 400. The molecule has 0 spiro atoms. The summed E-state index contributed by atoms with van der Waals surface area (Å²) >= 11 is 0. The van der Waals surface area contributed by atoms with E-state index in [1.165, 1.54) is 12.8 Å². The molecule has 2 aliphatic rings. The summed E-state index contributed by atoms with van der Waals surface area (Å²) in [5, 5.41) is 0. The van der Waals surface area contributed by atoms with Gasteiger partial charge in [0.05, 0.1) is 0 Å². The molecule has 5 nitrogen and oxygen atoms in total. The van der Waals surface area contributed by atoms with Crippen molar-refractivity contribution in [2.45, 2.75) is 39.2 Å². The van der Waals surface area contributed by atoms with Gasteiger partial charge in [-0.15, -0.1) is 0 Å². The summed E-state index contributed by atoms with van der Waals surface area (Å²) in [5.74, 6) is 0.669. The Labute approximate surface area is 120 Å². The van der Waals surface area contributed by atoms with Crippen LogP contribution in [0.25, 0.3) is 0 Å². The number of ether oxygens (including phenoxy) is 1. The Morgan fingerprint density at radius 3 is 2.10 bits per heavy atom. The number of allylic oxidation sites excluding steroid dienone is 1. The third-order valence-corrected chi connectivity index (χ3v) is 3.38. The summed E-state index contributed by atoms with van der Waals surface area (Å²) in [7, 11) is 0. The number of hydrogen-bond acceptors (Lipinski definition) is 3. The maximum atomic E-state index is 11.9. The largest absolute Gasteiger partial charge is 0.444 e. The Hall–Kier alpha value is -1.52. The maximum Gasteiger partial charge on any atom is 0.410 e. The van der Waals surface area contributed by atoms with Crippen molar-refractivity contribution < 1.29 is 14.3 Å². The zero-order valence-corrected chi connectivity index (χ0v) is 12.6. The summed E-state index contributed by atoms with van der Waals surface area (Å²) in [4.78, 5) is 27.3. The molecular formula is C15H24N2O3. The summed E-state index contributed by atoms with van der Waals surface area (Å²) in [5.41, 5.74) is -0.475. The fourth-order valence-electron chi connectivity index (χ4n) is 2.05. The summed E-state index contributed by atoms with van der Waals surface area (Å²) in [6.45, 7) is 7.80. The molecule has 0 unspecified atom stereocenters. The van der Waals surface area contributed by atoms with Crippen molar-refractivity contribution in [3.05, 3.63) is 12.2 Å². The zero-order valence-electron chi connectivity index (χ0n) is 12.6. The number of carbonyl (C=O) groups excluding carboxylic acids is 2. The minimum Gasteiger partial charge on any atom is -0.444 e. The number of piperazine rings is 1. The first-order valence-electron chi connectivity index (χ1n) is 7.30. The maximum absolute atomic E-state index is 11.9. The van der Waals surface area contributed by atoms with Gasteiger partial charge >= 0.3 is 6.09 Å². The van der Waals surface area contributed by atoms with Gasteiger partial charge in [0.1, 0.15) is 5.60 Å². The third-order valence-electron chi connectivity index (χ3n) is 3.38. The lowest BCUT2D eigenvalue weighted by Gasteiger charge is -2.35. The van der Waals surface area contributed by atoms with Crippen molar-refractivity contribution >= 4 is 12.0 Å². The van der Waals surface area contributed by atoms with Gasteiger partial charge in [-0.1, -0.05) is 6.08 Å². The van der Waals surface area contributed by atoms with Gasteiger partial charge in [-0.3, -0.25) is 4.79 Å². The molecule has 1 saturated carbocycles. The lowest BCUT2D eigenvalue weighted by Crippen LogP contribution is -2.51. The van der Waals surface area contributed by atoms with Crippen LogP contribution in [-0.4, -0.2) is 53.6 Å². The molecular weight excluding hydrogens is 256 g/mol. The second-order valence-electron chi connectivity index (χ2n) is 6.49. The monoisotopic (exact) mass is 280 g/mol. The number of carbonyl (C=O) groups is 2. The topological polar surface area (TPSA) is 49.9 Å². The smallest absolute Gasteiger partial charge is 0.410 e. The lowest BCUT2D eigenvalue weighted by atomic mass is 10.2. The number of nitrogens with zero attached hydrogens (tertiary/aromatic N) is 2. The van der Waals surface area contributed by atoms with E-state index < -0.39 is 5.60 Å². The van der Waals surface area contributed by atoms with Crippen LogP contribution < -0.4 is 0 Å². The molecule has 0 bridgehead atoms. The van der Waals surface area contributed by atoms with E-state index in [-0.39, 0.29) is 12.0 Å². The molecule has 20 heavy (non-hydrogen) atoms. The highest BCUT2D eigenvalue weighted by Gasteiger charge is 2.27. The molecule has 0 radical (unpaired) electrons. The van der Waals surface area contributed by atoms with Gasteiger partial charge < -0.3 is 14.5 Å². The average molecular weight is 280 g/mol. The van der Waals surface area contributed by atoms with Crippen molar-refractivity contribution in [2.24, 2.45) is 5.92 Å². The van der Waals surface area contributed by atoms with E-state index in [9.17, 15) is 9.59 Å². The zero-order chi connectivity index (χ0) is 14.8. The second-order valence-corrected chi connectivity index (χ2v) is 6.49. The van der Waals surface area contributed by atoms with Gasteiger partial charge in [0.2, 0.25) is 5.91 Å². The molecule has 112 valence electrons. The quantitative estimate of drug-likeness (QED) is 0.727. The van der Waals surface area contributed by atoms with E-state index in [0.717, 1.165) is 0 Å². The fraction of sp³-hybridized carbons (Fsp3) is 0.733. The lowest BCUT2D eigenvalue weighted by molar-refractivity contribution is -0.127. The van der Waals surface area contributed by atoms with Crippen LogP contribution in [0, 0.1) is 5.92 Å². The van der Waals surface area contributed by atoms with Crippen molar-refractivity contribution in [3.63, 3.8) is 0 Å². The van der Waals surface area contributed by atoms with Gasteiger partial charge in [0, 0.05) is 26.2 Å². The van der Waals surface area contributed by atoms with Crippen molar-refractivity contribution in [2.75, 3.05) is 26.2 Å². The van der Waals surface area contributed by atoms with E-state index in [1.807, 2.05) is 26.8 Å².